The molecule has 2 amide bonds. The van der Waals surface area contributed by atoms with Gasteiger partial charge in [-0.2, -0.15) is 0 Å². The second kappa shape index (κ2) is 8.74. The van der Waals surface area contributed by atoms with Crippen LogP contribution >= 0.6 is 11.8 Å². The third-order valence-electron chi connectivity index (χ3n) is 4.35. The minimum absolute atomic E-state index is 0.0756. The molecular weight excluding hydrogens is 410 g/mol. The summed E-state index contributed by atoms with van der Waals surface area (Å²) in [5, 5.41) is 15.3. The lowest BCUT2D eigenvalue weighted by Gasteiger charge is -2.49. The van der Waals surface area contributed by atoms with Crippen molar-refractivity contribution in [3.8, 4) is 0 Å². The van der Waals surface area contributed by atoms with E-state index in [2.05, 4.69) is 15.5 Å². The topological polar surface area (TPSA) is 147 Å². The quantitative estimate of drug-likeness (QED) is 0.325. The van der Waals surface area contributed by atoms with E-state index in [9.17, 15) is 19.5 Å². The number of nitrogens with two attached hydrogens (primary N) is 1. The fraction of sp³-hybridized carbons (Fsp3) is 0.421. The highest BCUT2D eigenvalue weighted by molar-refractivity contribution is 8.00. The number of fused-ring (bicyclic) bond motifs is 1. The van der Waals surface area contributed by atoms with Gasteiger partial charge in [0, 0.05) is 5.25 Å². The lowest BCUT2D eigenvalue weighted by atomic mass is 10.0. The van der Waals surface area contributed by atoms with Gasteiger partial charge < -0.3 is 21.0 Å². The summed E-state index contributed by atoms with van der Waals surface area (Å²) in [5.41, 5.74) is 5.73. The zero-order valence-corrected chi connectivity index (χ0v) is 17.5. The first kappa shape index (κ1) is 21.6. The van der Waals surface area contributed by atoms with Crippen LogP contribution in [0.5, 0.6) is 0 Å². The highest BCUT2D eigenvalue weighted by atomic mass is 32.2. The number of carbonyl (C=O) groups is 3. The van der Waals surface area contributed by atoms with Gasteiger partial charge in [-0.25, -0.2) is 9.78 Å². The van der Waals surface area contributed by atoms with Crippen LogP contribution in [0.25, 0.3) is 0 Å². The summed E-state index contributed by atoms with van der Waals surface area (Å²) in [6, 6.07) is 3.87. The fourth-order valence-electron chi connectivity index (χ4n) is 2.98. The van der Waals surface area contributed by atoms with Gasteiger partial charge in [0.1, 0.15) is 35.2 Å². The number of hydrogen-bond donors (Lipinski definition) is 3. The number of carbonyl (C=O) groups excluding carboxylic acids is 2. The van der Waals surface area contributed by atoms with E-state index in [0.29, 0.717) is 0 Å². The Morgan fingerprint density at radius 2 is 2.17 bits per heavy atom. The third-order valence-corrected chi connectivity index (χ3v) is 5.67. The minimum atomic E-state index is -1.18. The average Bonchev–Trinajstić information content (AvgIpc) is 2.68. The van der Waals surface area contributed by atoms with Crippen molar-refractivity contribution in [2.75, 3.05) is 12.3 Å². The molecule has 3 heterocycles. The summed E-state index contributed by atoms with van der Waals surface area (Å²) in [6.45, 7) is 5.99. The van der Waals surface area contributed by atoms with Crippen molar-refractivity contribution in [1.29, 1.82) is 0 Å². The average molecular weight is 433 g/mol. The molecule has 3 rings (SSSR count). The van der Waals surface area contributed by atoms with Crippen LogP contribution in [0, 0.1) is 5.92 Å². The van der Waals surface area contributed by atoms with Gasteiger partial charge in [0.15, 0.2) is 5.71 Å². The van der Waals surface area contributed by atoms with Crippen LogP contribution in [-0.4, -0.2) is 61.8 Å². The summed E-state index contributed by atoms with van der Waals surface area (Å²) >= 11 is 1.39. The number of nitrogen functional groups attached to an aromatic ring is 1. The van der Waals surface area contributed by atoms with E-state index in [-0.39, 0.29) is 40.7 Å². The van der Waals surface area contributed by atoms with Gasteiger partial charge in [-0.3, -0.25) is 14.5 Å². The van der Waals surface area contributed by atoms with E-state index in [1.54, 1.807) is 18.2 Å². The van der Waals surface area contributed by atoms with Crippen molar-refractivity contribution in [3.05, 3.63) is 35.7 Å². The Kier molecular flexibility index (Phi) is 6.30. The van der Waals surface area contributed by atoms with E-state index >= 15 is 0 Å². The van der Waals surface area contributed by atoms with Crippen molar-refractivity contribution in [2.24, 2.45) is 11.1 Å². The molecule has 160 valence electrons. The molecule has 10 nitrogen and oxygen atoms in total. The summed E-state index contributed by atoms with van der Waals surface area (Å²) in [4.78, 5) is 47.5. The number of amides is 2. The zero-order chi connectivity index (χ0) is 22.0. The van der Waals surface area contributed by atoms with E-state index < -0.39 is 29.2 Å². The summed E-state index contributed by atoms with van der Waals surface area (Å²) in [6.07, 6.45) is 1.52. The van der Waals surface area contributed by atoms with Gasteiger partial charge in [0.25, 0.3) is 11.8 Å². The number of aromatic nitrogens is 1. The number of anilines is 1. The number of thioether (sulfide) groups is 1. The molecule has 4 N–H and O–H groups in total. The Morgan fingerprint density at radius 1 is 1.43 bits per heavy atom. The predicted octanol–water partition coefficient (Wildman–Crippen LogP) is 0.797. The number of β-lactam (4-membered cyclic amide) rings is 1. The maximum absolute atomic E-state index is 12.9. The molecule has 1 saturated heterocycles. The van der Waals surface area contributed by atoms with E-state index in [0.717, 1.165) is 0 Å². The lowest BCUT2D eigenvalue weighted by Crippen LogP contribution is -2.71. The molecule has 1 fully saturated rings. The largest absolute Gasteiger partial charge is 0.477 e. The van der Waals surface area contributed by atoms with E-state index in [1.807, 2.05) is 20.8 Å². The van der Waals surface area contributed by atoms with Gasteiger partial charge in [0.2, 0.25) is 0 Å². The third kappa shape index (κ3) is 4.40. The van der Waals surface area contributed by atoms with Crippen LogP contribution in [0.2, 0.25) is 0 Å². The predicted molar refractivity (Wildman–Crippen MR) is 111 cm³/mol. The second-order valence-electron chi connectivity index (χ2n) is 7.33. The lowest BCUT2D eigenvalue weighted by molar-refractivity contribution is -0.150. The van der Waals surface area contributed by atoms with Crippen molar-refractivity contribution in [1.82, 2.24) is 15.2 Å². The van der Waals surface area contributed by atoms with Crippen molar-refractivity contribution in [3.63, 3.8) is 0 Å². The Labute approximate surface area is 177 Å². The van der Waals surface area contributed by atoms with Gasteiger partial charge in [0.05, 0.1) is 0 Å². The number of nitrogens with one attached hydrogen (secondary N) is 1. The molecule has 30 heavy (non-hydrogen) atoms. The molecule has 11 heteroatoms. The highest BCUT2D eigenvalue weighted by Crippen LogP contribution is 2.40. The number of oxime groups is 1. The van der Waals surface area contributed by atoms with Crippen LogP contribution in [0.1, 0.15) is 26.5 Å². The van der Waals surface area contributed by atoms with Crippen LogP contribution in [0.15, 0.2) is 35.1 Å². The molecule has 0 radical (unpaired) electrons. The smallest absolute Gasteiger partial charge is 0.352 e. The maximum Gasteiger partial charge on any atom is 0.352 e. The number of rotatable bonds is 7. The highest BCUT2D eigenvalue weighted by Gasteiger charge is 2.54. The second-order valence-corrected chi connectivity index (χ2v) is 8.82. The summed E-state index contributed by atoms with van der Waals surface area (Å²) < 4.78 is 0. The first-order chi connectivity index (χ1) is 14.2. The van der Waals surface area contributed by atoms with Crippen molar-refractivity contribution >= 4 is 41.1 Å². The number of carboxylic acids is 1. The first-order valence-corrected chi connectivity index (χ1v) is 10.3. The van der Waals surface area contributed by atoms with Gasteiger partial charge in [-0.05, 0) is 31.1 Å². The molecule has 0 bridgehead atoms. The van der Waals surface area contributed by atoms with E-state index in [1.165, 1.54) is 22.7 Å². The van der Waals surface area contributed by atoms with Gasteiger partial charge in [-0.1, -0.05) is 25.1 Å². The maximum atomic E-state index is 12.9. The minimum Gasteiger partial charge on any atom is -0.477 e. The normalized spacial score (nSPS) is 23.4. The van der Waals surface area contributed by atoms with Crippen molar-refractivity contribution in [2.45, 2.75) is 37.4 Å². The molecule has 3 atom stereocenters. The summed E-state index contributed by atoms with van der Waals surface area (Å²) in [5.74, 6) is -1.94. The number of nitrogens with zero attached hydrogens (tertiary/aromatic N) is 3. The SMILES string of the molecule is CC(C)CO/N=C(/C(=O)NC1C(=O)N2C(C(=O)O)=CC(C)SC12)c1cccc(N)n1. The van der Waals surface area contributed by atoms with E-state index in [4.69, 9.17) is 10.6 Å². The molecule has 0 spiro atoms. The standard InChI is InChI=1S/C19H23N5O5S/c1-9(2)8-29-23-14(11-5-4-6-13(20)21-11)16(25)22-15-17(26)24-12(19(27)28)7-10(3)30-18(15)24/h4-7,9-10,15,18H,8H2,1-3H3,(H2,20,21)(H,22,25)(H,27,28)/b23-14+. The Bertz CT molecular complexity index is 932. The zero-order valence-electron chi connectivity index (χ0n) is 16.7. The molecule has 0 aliphatic carbocycles. The first-order valence-electron chi connectivity index (χ1n) is 9.36. The van der Waals surface area contributed by atoms with Crippen LogP contribution in [0.4, 0.5) is 5.82 Å². The molecule has 0 aromatic carbocycles. The molecule has 3 unspecified atom stereocenters. The van der Waals surface area contributed by atoms with Gasteiger partial charge >= 0.3 is 5.97 Å². The van der Waals surface area contributed by atoms with Gasteiger partial charge in [-0.15, -0.1) is 11.8 Å². The van der Waals surface area contributed by atoms with Crippen LogP contribution in [-0.2, 0) is 19.2 Å². The number of aliphatic carboxylic acids is 1. The molecular formula is C19H23N5O5S. The Hall–Kier alpha value is -3.08. The van der Waals surface area contributed by atoms with Crippen LogP contribution < -0.4 is 11.1 Å². The molecule has 1 aromatic rings. The molecule has 2 aliphatic heterocycles. The number of pyridine rings is 1. The Morgan fingerprint density at radius 3 is 2.80 bits per heavy atom. The Balaban J connectivity index is 1.80. The molecule has 2 aliphatic rings. The monoisotopic (exact) mass is 433 g/mol. The van der Waals surface area contributed by atoms with Crippen molar-refractivity contribution < 1.29 is 24.3 Å². The molecule has 1 aromatic heterocycles. The van der Waals surface area contributed by atoms with Crippen LogP contribution in [0.3, 0.4) is 0 Å². The number of carboxylic acid groups (broad SMARTS) is 1. The summed E-state index contributed by atoms with van der Waals surface area (Å²) in [7, 11) is 0. The number of hydrogen-bond acceptors (Lipinski definition) is 8. The molecule has 0 saturated carbocycles. The fourth-order valence-corrected chi connectivity index (χ4v) is 4.31.